The van der Waals surface area contributed by atoms with Gasteiger partial charge in [0.25, 0.3) is 5.91 Å². The van der Waals surface area contributed by atoms with Crippen molar-refractivity contribution < 1.29 is 19.1 Å². The van der Waals surface area contributed by atoms with Crippen molar-refractivity contribution in [3.05, 3.63) is 77.6 Å². The SMILES string of the molecule is O=C(NCC(O)c1ccc2ccccc2c1)c1cc(N2CCCC2=O)ccc1F. The smallest absolute Gasteiger partial charge is 0.254 e. The minimum Gasteiger partial charge on any atom is -0.387 e. The van der Waals surface area contributed by atoms with Crippen molar-refractivity contribution in [3.8, 4) is 0 Å². The van der Waals surface area contributed by atoms with Crippen molar-refractivity contribution in [2.75, 3.05) is 18.0 Å². The maximum atomic E-state index is 14.2. The molecular weight excluding hydrogens is 371 g/mol. The third-order valence-electron chi connectivity index (χ3n) is 5.19. The van der Waals surface area contributed by atoms with E-state index in [1.165, 1.54) is 18.2 Å². The first-order valence-electron chi connectivity index (χ1n) is 9.58. The van der Waals surface area contributed by atoms with Gasteiger partial charge in [0.15, 0.2) is 0 Å². The fourth-order valence-electron chi connectivity index (χ4n) is 3.59. The summed E-state index contributed by atoms with van der Waals surface area (Å²) >= 11 is 0. The van der Waals surface area contributed by atoms with Gasteiger partial charge in [-0.3, -0.25) is 9.59 Å². The van der Waals surface area contributed by atoms with Crippen molar-refractivity contribution in [1.29, 1.82) is 0 Å². The van der Waals surface area contributed by atoms with Crippen LogP contribution in [0, 0.1) is 5.82 Å². The average Bonchev–Trinajstić information content (AvgIpc) is 3.17. The van der Waals surface area contributed by atoms with Crippen LogP contribution in [0.3, 0.4) is 0 Å². The van der Waals surface area contributed by atoms with Gasteiger partial charge in [0.2, 0.25) is 5.91 Å². The maximum absolute atomic E-state index is 14.2. The van der Waals surface area contributed by atoms with Gasteiger partial charge in [0, 0.05) is 25.2 Å². The van der Waals surface area contributed by atoms with Crippen molar-refractivity contribution in [1.82, 2.24) is 5.32 Å². The van der Waals surface area contributed by atoms with Crippen LogP contribution < -0.4 is 10.2 Å². The second kappa shape index (κ2) is 8.01. The fraction of sp³-hybridized carbons (Fsp3) is 0.217. The summed E-state index contributed by atoms with van der Waals surface area (Å²) in [5.41, 5.74) is 1.03. The molecule has 4 rings (SSSR count). The van der Waals surface area contributed by atoms with E-state index in [2.05, 4.69) is 5.32 Å². The average molecular weight is 392 g/mol. The van der Waals surface area contributed by atoms with E-state index in [-0.39, 0.29) is 18.0 Å². The monoisotopic (exact) mass is 392 g/mol. The number of nitrogens with one attached hydrogen (secondary N) is 1. The Kier molecular flexibility index (Phi) is 5.27. The fourth-order valence-corrected chi connectivity index (χ4v) is 3.59. The van der Waals surface area contributed by atoms with Crippen molar-refractivity contribution in [2.24, 2.45) is 0 Å². The van der Waals surface area contributed by atoms with E-state index >= 15 is 0 Å². The van der Waals surface area contributed by atoms with Crippen LogP contribution >= 0.6 is 0 Å². The van der Waals surface area contributed by atoms with Gasteiger partial charge >= 0.3 is 0 Å². The molecule has 2 N–H and O–H groups in total. The second-order valence-electron chi connectivity index (χ2n) is 7.15. The van der Waals surface area contributed by atoms with Gasteiger partial charge in [-0.15, -0.1) is 0 Å². The van der Waals surface area contributed by atoms with Crippen LogP contribution in [0.5, 0.6) is 0 Å². The Bertz CT molecular complexity index is 1080. The number of carbonyl (C=O) groups excluding carboxylic acids is 2. The molecule has 0 aromatic heterocycles. The summed E-state index contributed by atoms with van der Waals surface area (Å²) in [6, 6.07) is 17.4. The number of aliphatic hydroxyl groups is 1. The van der Waals surface area contributed by atoms with E-state index in [9.17, 15) is 19.1 Å². The molecule has 0 spiro atoms. The zero-order chi connectivity index (χ0) is 20.4. The van der Waals surface area contributed by atoms with Crippen LogP contribution in [0.1, 0.15) is 34.9 Å². The molecule has 0 aliphatic carbocycles. The van der Waals surface area contributed by atoms with Crippen LogP contribution in [0.25, 0.3) is 10.8 Å². The Morgan fingerprint density at radius 3 is 2.66 bits per heavy atom. The van der Waals surface area contributed by atoms with Gasteiger partial charge in [-0.25, -0.2) is 4.39 Å². The first-order valence-corrected chi connectivity index (χ1v) is 9.58. The zero-order valence-corrected chi connectivity index (χ0v) is 15.8. The highest BCUT2D eigenvalue weighted by Crippen LogP contribution is 2.24. The number of aliphatic hydroxyl groups excluding tert-OH is 1. The lowest BCUT2D eigenvalue weighted by molar-refractivity contribution is -0.117. The number of hydrogen-bond acceptors (Lipinski definition) is 3. The number of carbonyl (C=O) groups is 2. The lowest BCUT2D eigenvalue weighted by Gasteiger charge is -2.17. The molecule has 0 saturated carbocycles. The molecule has 3 aromatic carbocycles. The Morgan fingerprint density at radius 2 is 1.90 bits per heavy atom. The van der Waals surface area contributed by atoms with Crippen LogP contribution in [-0.4, -0.2) is 30.0 Å². The van der Waals surface area contributed by atoms with E-state index in [0.717, 1.165) is 17.2 Å². The predicted octanol–water partition coefficient (Wildman–Crippen LogP) is 3.57. The Labute approximate surface area is 167 Å². The lowest BCUT2D eigenvalue weighted by atomic mass is 10.0. The van der Waals surface area contributed by atoms with Gasteiger partial charge < -0.3 is 15.3 Å². The Hall–Kier alpha value is -3.25. The molecule has 3 aromatic rings. The molecule has 1 saturated heterocycles. The molecule has 1 aliphatic heterocycles. The number of fused-ring (bicyclic) bond motifs is 1. The number of hydrogen-bond donors (Lipinski definition) is 2. The van der Waals surface area contributed by atoms with Crippen molar-refractivity contribution in [3.63, 3.8) is 0 Å². The molecular formula is C23H21FN2O3. The molecule has 1 heterocycles. The van der Waals surface area contributed by atoms with Gasteiger partial charge in [0.1, 0.15) is 5.82 Å². The second-order valence-corrected chi connectivity index (χ2v) is 7.15. The van der Waals surface area contributed by atoms with Gasteiger partial charge in [-0.1, -0.05) is 36.4 Å². The maximum Gasteiger partial charge on any atom is 0.254 e. The number of anilines is 1. The number of halogens is 1. The molecule has 0 radical (unpaired) electrons. The van der Waals surface area contributed by atoms with Crippen LogP contribution in [-0.2, 0) is 4.79 Å². The summed E-state index contributed by atoms with van der Waals surface area (Å²) < 4.78 is 14.2. The summed E-state index contributed by atoms with van der Waals surface area (Å²) in [5.74, 6) is -1.33. The van der Waals surface area contributed by atoms with Crippen LogP contribution in [0.4, 0.5) is 10.1 Å². The molecule has 1 fully saturated rings. The first-order chi connectivity index (χ1) is 14.0. The minimum absolute atomic E-state index is 0.0327. The molecule has 6 heteroatoms. The molecule has 148 valence electrons. The normalized spacial score (nSPS) is 15.0. The topological polar surface area (TPSA) is 69.6 Å². The molecule has 1 unspecified atom stereocenters. The molecule has 2 amide bonds. The predicted molar refractivity (Wildman–Crippen MR) is 109 cm³/mol. The first kappa shape index (κ1) is 19.1. The molecule has 29 heavy (non-hydrogen) atoms. The highest BCUT2D eigenvalue weighted by molar-refractivity contribution is 5.99. The number of benzene rings is 3. The highest BCUT2D eigenvalue weighted by atomic mass is 19.1. The van der Waals surface area contributed by atoms with E-state index in [4.69, 9.17) is 0 Å². The lowest BCUT2D eigenvalue weighted by Crippen LogP contribution is -2.30. The summed E-state index contributed by atoms with van der Waals surface area (Å²) in [5, 5.41) is 15.1. The summed E-state index contributed by atoms with van der Waals surface area (Å²) in [7, 11) is 0. The number of amides is 2. The van der Waals surface area contributed by atoms with E-state index in [0.29, 0.717) is 24.2 Å². The minimum atomic E-state index is -0.921. The largest absolute Gasteiger partial charge is 0.387 e. The third kappa shape index (κ3) is 3.98. The molecule has 1 aliphatic rings. The Balaban J connectivity index is 1.46. The summed E-state index contributed by atoms with van der Waals surface area (Å²) in [4.78, 5) is 26.0. The molecule has 0 bridgehead atoms. The van der Waals surface area contributed by atoms with Crippen molar-refractivity contribution in [2.45, 2.75) is 18.9 Å². The van der Waals surface area contributed by atoms with Crippen molar-refractivity contribution >= 4 is 28.3 Å². The summed E-state index contributed by atoms with van der Waals surface area (Å²) in [6.45, 7) is 0.510. The quantitative estimate of drug-likeness (QED) is 0.697. The van der Waals surface area contributed by atoms with Gasteiger partial charge in [0.05, 0.1) is 11.7 Å². The molecule has 5 nitrogen and oxygen atoms in total. The van der Waals surface area contributed by atoms with Crippen LogP contribution in [0.2, 0.25) is 0 Å². The number of nitrogens with zero attached hydrogens (tertiary/aromatic N) is 1. The van der Waals surface area contributed by atoms with E-state index in [1.54, 1.807) is 11.0 Å². The van der Waals surface area contributed by atoms with E-state index < -0.39 is 17.8 Å². The molecule has 1 atom stereocenters. The van der Waals surface area contributed by atoms with Gasteiger partial charge in [-0.05, 0) is 47.0 Å². The standard InChI is InChI=1S/C23H21FN2O3/c24-20-10-9-18(26-11-3-6-22(26)28)13-19(20)23(29)25-14-21(27)17-8-7-15-4-1-2-5-16(15)12-17/h1-2,4-5,7-10,12-13,21,27H,3,6,11,14H2,(H,25,29). The number of rotatable bonds is 5. The van der Waals surface area contributed by atoms with E-state index in [1.807, 2.05) is 36.4 Å². The zero-order valence-electron chi connectivity index (χ0n) is 15.8. The summed E-state index contributed by atoms with van der Waals surface area (Å²) in [6.07, 6.45) is 0.280. The third-order valence-corrected chi connectivity index (χ3v) is 5.19. The Morgan fingerprint density at radius 1 is 1.10 bits per heavy atom. The van der Waals surface area contributed by atoms with Gasteiger partial charge in [-0.2, -0.15) is 0 Å². The highest BCUT2D eigenvalue weighted by Gasteiger charge is 2.23. The van der Waals surface area contributed by atoms with Crippen LogP contribution in [0.15, 0.2) is 60.7 Å².